The summed E-state index contributed by atoms with van der Waals surface area (Å²) in [6, 6.07) is 0.400. The second kappa shape index (κ2) is 6.58. The van der Waals surface area contributed by atoms with Gasteiger partial charge in [-0.25, -0.2) is 0 Å². The molecule has 1 saturated heterocycles. The molecule has 0 aromatic rings. The largest absolute Gasteiger partial charge is 0.395 e. The van der Waals surface area contributed by atoms with Crippen molar-refractivity contribution in [2.75, 3.05) is 32.8 Å². The van der Waals surface area contributed by atoms with Gasteiger partial charge in [-0.2, -0.15) is 0 Å². The van der Waals surface area contributed by atoms with Gasteiger partial charge in [0.1, 0.15) is 0 Å². The zero-order valence-electron chi connectivity index (χ0n) is 10.3. The average Bonchev–Trinajstić information content (AvgIpc) is 2.55. The maximum absolute atomic E-state index is 9.45. The Morgan fingerprint density at radius 3 is 2.62 bits per heavy atom. The highest BCUT2D eigenvalue weighted by Gasteiger charge is 2.23. The van der Waals surface area contributed by atoms with E-state index in [0.29, 0.717) is 12.6 Å². The molecule has 0 bridgehead atoms. The van der Waals surface area contributed by atoms with Gasteiger partial charge in [-0.3, -0.25) is 4.90 Å². The van der Waals surface area contributed by atoms with Gasteiger partial charge in [0, 0.05) is 25.7 Å². The molecule has 0 spiro atoms. The van der Waals surface area contributed by atoms with Crippen LogP contribution in [0.5, 0.6) is 0 Å². The van der Waals surface area contributed by atoms with Gasteiger partial charge in [-0.1, -0.05) is 19.3 Å². The number of hydrogen-bond acceptors (Lipinski definition) is 3. The number of nitrogens with one attached hydrogen (secondary N) is 1. The molecule has 1 atom stereocenters. The Hall–Kier alpha value is -0.120. The van der Waals surface area contributed by atoms with E-state index in [2.05, 4.69) is 10.2 Å². The third-order valence-corrected chi connectivity index (χ3v) is 4.17. The van der Waals surface area contributed by atoms with Crippen LogP contribution in [0.15, 0.2) is 0 Å². The summed E-state index contributed by atoms with van der Waals surface area (Å²) < 4.78 is 0. The predicted molar refractivity (Wildman–Crippen MR) is 66.5 cm³/mol. The summed E-state index contributed by atoms with van der Waals surface area (Å²) in [6.07, 6.45) is 8.18. The normalized spacial score (nSPS) is 30.2. The van der Waals surface area contributed by atoms with Gasteiger partial charge >= 0.3 is 0 Å². The topological polar surface area (TPSA) is 35.5 Å². The summed E-state index contributed by atoms with van der Waals surface area (Å²) in [5, 5.41) is 12.9. The lowest BCUT2D eigenvalue weighted by Crippen LogP contribution is -2.42. The molecule has 1 heterocycles. The summed E-state index contributed by atoms with van der Waals surface area (Å²) >= 11 is 0. The third-order valence-electron chi connectivity index (χ3n) is 4.17. The molecule has 1 aliphatic carbocycles. The summed E-state index contributed by atoms with van der Waals surface area (Å²) in [4.78, 5) is 2.52. The maximum atomic E-state index is 9.45. The molecular weight excluding hydrogens is 200 g/mol. The van der Waals surface area contributed by atoms with Crippen LogP contribution in [0.1, 0.15) is 38.5 Å². The minimum atomic E-state index is 0.328. The standard InChI is InChI=1S/C13H26N2O/c16-11-13-6-7-14-8-9-15(13)10-12-4-2-1-3-5-12/h12-14,16H,1-11H2/t13-/m1/s1. The summed E-state index contributed by atoms with van der Waals surface area (Å²) in [6.45, 7) is 4.80. The summed E-state index contributed by atoms with van der Waals surface area (Å²) in [5.41, 5.74) is 0. The molecule has 0 unspecified atom stereocenters. The quantitative estimate of drug-likeness (QED) is 0.759. The van der Waals surface area contributed by atoms with Crippen LogP contribution in [0.2, 0.25) is 0 Å². The second-order valence-electron chi connectivity index (χ2n) is 5.37. The Morgan fingerprint density at radius 2 is 1.88 bits per heavy atom. The van der Waals surface area contributed by atoms with Gasteiger partial charge in [0.05, 0.1) is 6.61 Å². The van der Waals surface area contributed by atoms with Crippen LogP contribution in [0, 0.1) is 5.92 Å². The Morgan fingerprint density at radius 1 is 1.06 bits per heavy atom. The van der Waals surface area contributed by atoms with Gasteiger partial charge in [0.15, 0.2) is 0 Å². The number of aliphatic hydroxyl groups is 1. The summed E-state index contributed by atoms with van der Waals surface area (Å²) in [5.74, 6) is 0.890. The van der Waals surface area contributed by atoms with E-state index in [1.54, 1.807) is 0 Å². The molecular formula is C13H26N2O. The molecule has 3 heteroatoms. The zero-order chi connectivity index (χ0) is 11.2. The van der Waals surface area contributed by atoms with E-state index in [1.807, 2.05) is 0 Å². The monoisotopic (exact) mass is 226 g/mol. The van der Waals surface area contributed by atoms with Gasteiger partial charge in [0.2, 0.25) is 0 Å². The predicted octanol–water partition coefficient (Wildman–Crippen LogP) is 1.22. The molecule has 2 rings (SSSR count). The second-order valence-corrected chi connectivity index (χ2v) is 5.37. The maximum Gasteiger partial charge on any atom is 0.0587 e. The van der Waals surface area contributed by atoms with Gasteiger partial charge in [0.25, 0.3) is 0 Å². The van der Waals surface area contributed by atoms with E-state index < -0.39 is 0 Å². The fraction of sp³-hybridized carbons (Fsp3) is 1.00. The molecule has 0 amide bonds. The first-order chi connectivity index (χ1) is 7.90. The third kappa shape index (κ3) is 3.44. The van der Waals surface area contributed by atoms with E-state index in [0.717, 1.165) is 32.0 Å². The number of aliphatic hydroxyl groups excluding tert-OH is 1. The van der Waals surface area contributed by atoms with Crippen molar-refractivity contribution < 1.29 is 5.11 Å². The van der Waals surface area contributed by atoms with E-state index in [4.69, 9.17) is 0 Å². The van der Waals surface area contributed by atoms with Crippen molar-refractivity contribution in [3.8, 4) is 0 Å². The van der Waals surface area contributed by atoms with E-state index in [-0.39, 0.29) is 0 Å². The van der Waals surface area contributed by atoms with Gasteiger partial charge < -0.3 is 10.4 Å². The average molecular weight is 226 g/mol. The van der Waals surface area contributed by atoms with E-state index in [9.17, 15) is 5.11 Å². The molecule has 2 aliphatic rings. The lowest BCUT2D eigenvalue weighted by Gasteiger charge is -2.33. The molecule has 0 aromatic heterocycles. The van der Waals surface area contributed by atoms with Crippen LogP contribution in [0.4, 0.5) is 0 Å². The van der Waals surface area contributed by atoms with Crippen LogP contribution in [0.3, 0.4) is 0 Å². The Labute approximate surface area is 99.2 Å². The van der Waals surface area contributed by atoms with Crippen molar-refractivity contribution in [2.45, 2.75) is 44.6 Å². The lowest BCUT2D eigenvalue weighted by molar-refractivity contribution is 0.104. The van der Waals surface area contributed by atoms with E-state index in [1.165, 1.54) is 38.6 Å². The molecule has 94 valence electrons. The number of rotatable bonds is 3. The van der Waals surface area contributed by atoms with Crippen molar-refractivity contribution >= 4 is 0 Å². The van der Waals surface area contributed by atoms with Crippen LogP contribution >= 0.6 is 0 Å². The molecule has 16 heavy (non-hydrogen) atoms. The Kier molecular flexibility index (Phi) is 5.07. The van der Waals surface area contributed by atoms with Crippen LogP contribution in [-0.4, -0.2) is 48.8 Å². The van der Waals surface area contributed by atoms with Crippen molar-refractivity contribution in [3.05, 3.63) is 0 Å². The molecule has 0 radical (unpaired) electrons. The SMILES string of the molecule is OC[C@H]1CCNCCN1CC1CCCCC1. The minimum absolute atomic E-state index is 0.328. The molecule has 1 saturated carbocycles. The van der Waals surface area contributed by atoms with Crippen molar-refractivity contribution in [3.63, 3.8) is 0 Å². The van der Waals surface area contributed by atoms with Crippen molar-refractivity contribution in [1.82, 2.24) is 10.2 Å². The van der Waals surface area contributed by atoms with Crippen molar-refractivity contribution in [2.24, 2.45) is 5.92 Å². The first-order valence-corrected chi connectivity index (χ1v) is 6.96. The molecule has 1 aliphatic heterocycles. The summed E-state index contributed by atoms with van der Waals surface area (Å²) in [7, 11) is 0. The molecule has 0 aromatic carbocycles. The van der Waals surface area contributed by atoms with E-state index >= 15 is 0 Å². The fourth-order valence-electron chi connectivity index (χ4n) is 3.13. The first kappa shape index (κ1) is 12.3. The highest BCUT2D eigenvalue weighted by atomic mass is 16.3. The smallest absolute Gasteiger partial charge is 0.0587 e. The van der Waals surface area contributed by atoms with Crippen LogP contribution in [-0.2, 0) is 0 Å². The van der Waals surface area contributed by atoms with Gasteiger partial charge in [-0.15, -0.1) is 0 Å². The van der Waals surface area contributed by atoms with Crippen molar-refractivity contribution in [1.29, 1.82) is 0 Å². The molecule has 2 N–H and O–H groups in total. The van der Waals surface area contributed by atoms with Crippen LogP contribution in [0.25, 0.3) is 0 Å². The van der Waals surface area contributed by atoms with Gasteiger partial charge in [-0.05, 0) is 31.7 Å². The Balaban J connectivity index is 1.83. The molecule has 3 nitrogen and oxygen atoms in total. The van der Waals surface area contributed by atoms with Crippen LogP contribution < -0.4 is 5.32 Å². The molecule has 2 fully saturated rings. The Bertz CT molecular complexity index is 192. The highest BCUT2D eigenvalue weighted by Crippen LogP contribution is 2.25. The lowest BCUT2D eigenvalue weighted by atomic mass is 9.88. The zero-order valence-corrected chi connectivity index (χ0v) is 10.3. The number of hydrogen-bond donors (Lipinski definition) is 2. The number of nitrogens with zero attached hydrogens (tertiary/aromatic N) is 1. The minimum Gasteiger partial charge on any atom is -0.395 e. The highest BCUT2D eigenvalue weighted by molar-refractivity contribution is 4.79. The first-order valence-electron chi connectivity index (χ1n) is 6.96. The fourth-order valence-corrected chi connectivity index (χ4v) is 3.13.